The van der Waals surface area contributed by atoms with Gasteiger partial charge in [-0.1, -0.05) is 34.1 Å². The van der Waals surface area contributed by atoms with Crippen molar-refractivity contribution in [1.29, 1.82) is 0 Å². The predicted molar refractivity (Wildman–Crippen MR) is 56.4 cm³/mol. The minimum atomic E-state index is 0.722. The molecule has 0 aliphatic heterocycles. The fourth-order valence-electron chi connectivity index (χ4n) is 1.55. The minimum Gasteiger partial charge on any atom is -0.317 e. The number of hydrogen-bond acceptors (Lipinski definition) is 1. The number of nitrogens with one attached hydrogen (secondary N) is 1. The fraction of sp³-hybridized carbons (Fsp3) is 1.00. The first-order valence-electron chi connectivity index (χ1n) is 5.27. The first-order chi connectivity index (χ1) is 5.60. The lowest BCUT2D eigenvalue weighted by molar-refractivity contribution is 0.361. The van der Waals surface area contributed by atoms with E-state index in [4.69, 9.17) is 0 Å². The van der Waals surface area contributed by atoms with Gasteiger partial charge in [-0.25, -0.2) is 0 Å². The highest BCUT2D eigenvalue weighted by molar-refractivity contribution is 4.69. The van der Waals surface area contributed by atoms with Gasteiger partial charge >= 0.3 is 0 Å². The molecule has 2 atom stereocenters. The van der Waals surface area contributed by atoms with E-state index in [1.165, 1.54) is 19.3 Å². The summed E-state index contributed by atoms with van der Waals surface area (Å²) >= 11 is 0. The Morgan fingerprint density at radius 1 is 1.08 bits per heavy atom. The zero-order chi connectivity index (χ0) is 9.56. The summed E-state index contributed by atoms with van der Waals surface area (Å²) in [6.07, 6.45) is 3.93. The van der Waals surface area contributed by atoms with Crippen LogP contribution in [-0.4, -0.2) is 13.1 Å². The maximum atomic E-state index is 3.40. The van der Waals surface area contributed by atoms with Gasteiger partial charge in [-0.05, 0) is 31.7 Å². The highest BCUT2D eigenvalue weighted by Gasteiger charge is 2.11. The summed E-state index contributed by atoms with van der Waals surface area (Å²) in [4.78, 5) is 0. The van der Waals surface area contributed by atoms with Crippen LogP contribution < -0.4 is 5.32 Å². The van der Waals surface area contributed by atoms with E-state index in [9.17, 15) is 0 Å². The van der Waals surface area contributed by atoms with Crippen LogP contribution in [0.5, 0.6) is 0 Å². The molecule has 2 unspecified atom stereocenters. The molecule has 1 nitrogen and oxygen atoms in total. The van der Waals surface area contributed by atoms with Crippen molar-refractivity contribution in [2.24, 2.45) is 11.8 Å². The molecule has 0 rings (SSSR count). The van der Waals surface area contributed by atoms with Crippen LogP contribution in [0.1, 0.15) is 47.0 Å². The van der Waals surface area contributed by atoms with Crippen molar-refractivity contribution in [3.05, 3.63) is 0 Å². The van der Waals surface area contributed by atoms with Crippen molar-refractivity contribution in [1.82, 2.24) is 5.32 Å². The predicted octanol–water partition coefficient (Wildman–Crippen LogP) is 3.06. The molecule has 0 aliphatic rings. The maximum Gasteiger partial charge on any atom is 0.00690 e. The van der Waals surface area contributed by atoms with Gasteiger partial charge in [0.2, 0.25) is 0 Å². The van der Waals surface area contributed by atoms with Crippen molar-refractivity contribution in [2.45, 2.75) is 53.0 Å². The zero-order valence-corrected chi connectivity index (χ0v) is 9.35. The second-order valence-electron chi connectivity index (χ2n) is 4.36. The Morgan fingerprint density at radius 3 is 2.00 bits per heavy atom. The van der Waals surface area contributed by atoms with Crippen molar-refractivity contribution in [2.75, 3.05) is 7.05 Å². The third-order valence-corrected chi connectivity index (χ3v) is 2.55. The summed E-state index contributed by atoms with van der Waals surface area (Å²) in [5.74, 6) is 1.67. The Morgan fingerprint density at radius 2 is 1.67 bits per heavy atom. The summed E-state index contributed by atoms with van der Waals surface area (Å²) < 4.78 is 0. The quantitative estimate of drug-likeness (QED) is 0.647. The smallest absolute Gasteiger partial charge is 0.00690 e. The third-order valence-electron chi connectivity index (χ3n) is 2.55. The largest absolute Gasteiger partial charge is 0.317 e. The summed E-state index contributed by atoms with van der Waals surface area (Å²) in [5.41, 5.74) is 0. The summed E-state index contributed by atoms with van der Waals surface area (Å²) in [5, 5.41) is 3.40. The Hall–Kier alpha value is -0.0400. The van der Waals surface area contributed by atoms with Crippen LogP contribution in [0.25, 0.3) is 0 Å². The van der Waals surface area contributed by atoms with Crippen LogP contribution in [0.3, 0.4) is 0 Å². The first kappa shape index (κ1) is 12.0. The normalized spacial score (nSPS) is 16.5. The monoisotopic (exact) mass is 171 g/mol. The van der Waals surface area contributed by atoms with Gasteiger partial charge in [0, 0.05) is 6.04 Å². The van der Waals surface area contributed by atoms with Crippen molar-refractivity contribution in [3.63, 3.8) is 0 Å². The van der Waals surface area contributed by atoms with E-state index in [0.29, 0.717) is 0 Å². The second kappa shape index (κ2) is 6.47. The van der Waals surface area contributed by atoms with E-state index < -0.39 is 0 Å². The van der Waals surface area contributed by atoms with Gasteiger partial charge in [-0.3, -0.25) is 0 Å². The molecule has 0 spiro atoms. The molecule has 0 saturated heterocycles. The summed E-state index contributed by atoms with van der Waals surface area (Å²) in [6.45, 7) is 9.19. The molecule has 0 bridgehead atoms. The molecular formula is C11H25N. The van der Waals surface area contributed by atoms with Crippen LogP contribution >= 0.6 is 0 Å². The van der Waals surface area contributed by atoms with E-state index in [2.05, 4.69) is 40.1 Å². The molecule has 1 heteroatoms. The van der Waals surface area contributed by atoms with E-state index in [1.807, 2.05) is 0 Å². The molecule has 0 saturated carbocycles. The maximum absolute atomic E-state index is 3.40. The van der Waals surface area contributed by atoms with Gasteiger partial charge in [0.05, 0.1) is 0 Å². The molecule has 0 radical (unpaired) electrons. The Labute approximate surface area is 77.9 Å². The Kier molecular flexibility index (Phi) is 6.45. The van der Waals surface area contributed by atoms with Gasteiger partial charge in [-0.2, -0.15) is 0 Å². The first-order valence-corrected chi connectivity index (χ1v) is 5.27. The van der Waals surface area contributed by atoms with Crippen molar-refractivity contribution >= 4 is 0 Å². The van der Waals surface area contributed by atoms with Crippen LogP contribution in [0.15, 0.2) is 0 Å². The van der Waals surface area contributed by atoms with Crippen LogP contribution in [0, 0.1) is 11.8 Å². The molecule has 0 fully saturated rings. The van der Waals surface area contributed by atoms with Crippen LogP contribution in [0.4, 0.5) is 0 Å². The number of hydrogen-bond donors (Lipinski definition) is 1. The Bertz CT molecular complexity index is 99.2. The zero-order valence-electron chi connectivity index (χ0n) is 9.35. The van der Waals surface area contributed by atoms with E-state index in [0.717, 1.165) is 17.9 Å². The molecule has 0 heterocycles. The topological polar surface area (TPSA) is 12.0 Å². The second-order valence-corrected chi connectivity index (χ2v) is 4.36. The Balaban J connectivity index is 3.66. The minimum absolute atomic E-state index is 0.722. The van der Waals surface area contributed by atoms with Gasteiger partial charge < -0.3 is 5.32 Å². The lowest BCUT2D eigenvalue weighted by Gasteiger charge is -2.21. The highest BCUT2D eigenvalue weighted by atomic mass is 14.9. The molecule has 0 aromatic rings. The van der Waals surface area contributed by atoms with Crippen molar-refractivity contribution in [3.8, 4) is 0 Å². The molecule has 0 aromatic carbocycles. The van der Waals surface area contributed by atoms with E-state index >= 15 is 0 Å². The lowest BCUT2D eigenvalue weighted by Crippen LogP contribution is -2.28. The average Bonchev–Trinajstić information content (AvgIpc) is 2.02. The third kappa shape index (κ3) is 5.59. The van der Waals surface area contributed by atoms with Crippen LogP contribution in [-0.2, 0) is 0 Å². The molecule has 0 aromatic heterocycles. The van der Waals surface area contributed by atoms with Gasteiger partial charge in [0.15, 0.2) is 0 Å². The molecule has 0 amide bonds. The van der Waals surface area contributed by atoms with Gasteiger partial charge in [0.1, 0.15) is 0 Å². The summed E-state index contributed by atoms with van der Waals surface area (Å²) in [7, 11) is 2.08. The molecule has 12 heavy (non-hydrogen) atoms. The van der Waals surface area contributed by atoms with Gasteiger partial charge in [-0.15, -0.1) is 0 Å². The standard InChI is InChI=1S/C11H25N/c1-6-10(4)8-11(12-5)7-9(2)3/h9-12H,6-8H2,1-5H3. The molecular weight excluding hydrogens is 146 g/mol. The molecule has 1 N–H and O–H groups in total. The molecule has 74 valence electrons. The fourth-order valence-corrected chi connectivity index (χ4v) is 1.55. The van der Waals surface area contributed by atoms with Crippen LogP contribution in [0.2, 0.25) is 0 Å². The lowest BCUT2D eigenvalue weighted by atomic mass is 9.93. The average molecular weight is 171 g/mol. The van der Waals surface area contributed by atoms with Crippen molar-refractivity contribution < 1.29 is 0 Å². The van der Waals surface area contributed by atoms with E-state index in [1.54, 1.807) is 0 Å². The van der Waals surface area contributed by atoms with E-state index in [-0.39, 0.29) is 0 Å². The summed E-state index contributed by atoms with van der Waals surface area (Å²) in [6, 6.07) is 0.722. The highest BCUT2D eigenvalue weighted by Crippen LogP contribution is 2.15. The SMILES string of the molecule is CCC(C)CC(CC(C)C)NC. The number of rotatable bonds is 6. The molecule has 0 aliphatic carbocycles. The van der Waals surface area contributed by atoms with Gasteiger partial charge in [0.25, 0.3) is 0 Å².